The number of hydrogen-bond donors (Lipinski definition) is 0. The number of nitrogens with zero attached hydrogens (tertiary/aromatic N) is 3. The summed E-state index contributed by atoms with van der Waals surface area (Å²) < 4.78 is 6.03. The van der Waals surface area contributed by atoms with Gasteiger partial charge in [0.05, 0.1) is 6.20 Å². The lowest BCUT2D eigenvalue weighted by molar-refractivity contribution is 0.861. The van der Waals surface area contributed by atoms with E-state index in [1.54, 1.807) is 4.68 Å². The summed E-state index contributed by atoms with van der Waals surface area (Å²) in [6.07, 6.45) is 3.85. The van der Waals surface area contributed by atoms with E-state index in [1.165, 1.54) is 17.1 Å². The summed E-state index contributed by atoms with van der Waals surface area (Å²) in [5, 5.41) is 6.24. The summed E-state index contributed by atoms with van der Waals surface area (Å²) in [5.74, 6) is 0.868. The van der Waals surface area contributed by atoms with Crippen LogP contribution in [0.1, 0.15) is 0 Å². The minimum Gasteiger partial charge on any atom is -0.221 e. The fourth-order valence-electron chi connectivity index (χ4n) is 1.55. The Hall–Kier alpha value is -1.94. The number of benzene rings is 1. The van der Waals surface area contributed by atoms with Crippen molar-refractivity contribution in [3.8, 4) is 16.9 Å². The lowest BCUT2D eigenvalue weighted by Crippen LogP contribution is -1.92. The number of aromatic nitrogens is 3. The predicted molar refractivity (Wildman–Crippen MR) is 64.7 cm³/mol. The van der Waals surface area contributed by atoms with Crippen LogP contribution in [0, 0.1) is 0 Å². The number of hydrogen-bond acceptors (Lipinski definition) is 3. The third kappa shape index (κ3) is 1.63. The van der Waals surface area contributed by atoms with Gasteiger partial charge >= 0.3 is 0 Å². The lowest BCUT2D eigenvalue weighted by Gasteiger charge is -1.95. The van der Waals surface area contributed by atoms with E-state index in [0.717, 1.165) is 11.4 Å². The van der Waals surface area contributed by atoms with E-state index >= 15 is 0 Å². The maximum Gasteiger partial charge on any atom is 0.166 e. The summed E-state index contributed by atoms with van der Waals surface area (Å²) in [7, 11) is 0. The highest BCUT2D eigenvalue weighted by Gasteiger charge is 2.03. The van der Waals surface area contributed by atoms with Gasteiger partial charge in [0.2, 0.25) is 0 Å². The van der Waals surface area contributed by atoms with Crippen LogP contribution >= 0.6 is 11.5 Å². The maximum atomic E-state index is 4.30. The van der Waals surface area contributed by atoms with Crippen molar-refractivity contribution in [1.29, 1.82) is 0 Å². The zero-order valence-corrected chi connectivity index (χ0v) is 9.26. The van der Waals surface area contributed by atoms with Gasteiger partial charge in [-0.3, -0.25) is 0 Å². The highest BCUT2D eigenvalue weighted by molar-refractivity contribution is 7.03. The molecule has 0 saturated carbocycles. The van der Waals surface area contributed by atoms with Crippen LogP contribution in [0.25, 0.3) is 16.9 Å². The molecule has 3 nitrogen and oxygen atoms in total. The van der Waals surface area contributed by atoms with E-state index in [-0.39, 0.29) is 0 Å². The fraction of sp³-hybridized carbons (Fsp3) is 0. The molecule has 2 heterocycles. The van der Waals surface area contributed by atoms with Gasteiger partial charge in [0.1, 0.15) is 0 Å². The normalized spacial score (nSPS) is 10.5. The monoisotopic (exact) mass is 227 g/mol. The molecule has 16 heavy (non-hydrogen) atoms. The second-order valence-electron chi connectivity index (χ2n) is 3.40. The van der Waals surface area contributed by atoms with Crippen molar-refractivity contribution in [3.63, 3.8) is 0 Å². The third-order valence-electron chi connectivity index (χ3n) is 2.35. The molecule has 0 saturated heterocycles. The zero-order chi connectivity index (χ0) is 10.8. The maximum absolute atomic E-state index is 4.30. The van der Waals surface area contributed by atoms with Gasteiger partial charge in [0, 0.05) is 17.1 Å². The van der Waals surface area contributed by atoms with Crippen molar-refractivity contribution in [2.45, 2.75) is 0 Å². The molecule has 0 amide bonds. The molecule has 0 N–H and O–H groups in total. The second-order valence-corrected chi connectivity index (χ2v) is 4.06. The fourth-order valence-corrected chi connectivity index (χ4v) is 2.05. The first-order chi connectivity index (χ1) is 7.93. The topological polar surface area (TPSA) is 30.7 Å². The Morgan fingerprint density at radius 1 is 1.00 bits per heavy atom. The molecule has 0 aliphatic heterocycles. The summed E-state index contributed by atoms with van der Waals surface area (Å²) in [6.45, 7) is 0. The van der Waals surface area contributed by atoms with Gasteiger partial charge < -0.3 is 0 Å². The minimum absolute atomic E-state index is 0.868. The Labute approximate surface area is 97.2 Å². The molecule has 3 rings (SSSR count). The van der Waals surface area contributed by atoms with E-state index in [9.17, 15) is 0 Å². The summed E-state index contributed by atoms with van der Waals surface area (Å²) in [5.41, 5.74) is 2.28. The highest BCUT2D eigenvalue weighted by Crippen LogP contribution is 2.19. The summed E-state index contributed by atoms with van der Waals surface area (Å²) in [6, 6.07) is 12.1. The molecule has 4 heteroatoms. The second kappa shape index (κ2) is 3.90. The van der Waals surface area contributed by atoms with Gasteiger partial charge in [0.25, 0.3) is 0 Å². The first-order valence-electron chi connectivity index (χ1n) is 4.94. The van der Waals surface area contributed by atoms with Crippen LogP contribution in [0.3, 0.4) is 0 Å². The van der Waals surface area contributed by atoms with Crippen LogP contribution in [0.5, 0.6) is 0 Å². The van der Waals surface area contributed by atoms with Gasteiger partial charge in [0.15, 0.2) is 5.82 Å². The Kier molecular flexibility index (Phi) is 2.27. The quantitative estimate of drug-likeness (QED) is 0.673. The molecule has 0 bridgehead atoms. The molecule has 0 fully saturated rings. The van der Waals surface area contributed by atoms with E-state index in [4.69, 9.17) is 0 Å². The Morgan fingerprint density at radius 3 is 2.62 bits per heavy atom. The van der Waals surface area contributed by atoms with Crippen LogP contribution in [-0.4, -0.2) is 14.2 Å². The van der Waals surface area contributed by atoms with Crippen LogP contribution in [0.2, 0.25) is 0 Å². The molecule has 0 aliphatic carbocycles. The van der Waals surface area contributed by atoms with E-state index in [2.05, 4.69) is 21.6 Å². The molecule has 0 radical (unpaired) electrons. The average molecular weight is 227 g/mol. The number of rotatable bonds is 2. The smallest absolute Gasteiger partial charge is 0.166 e. The third-order valence-corrected chi connectivity index (χ3v) is 2.90. The van der Waals surface area contributed by atoms with Gasteiger partial charge in [-0.1, -0.05) is 30.3 Å². The van der Waals surface area contributed by atoms with Crippen LogP contribution < -0.4 is 0 Å². The van der Waals surface area contributed by atoms with Gasteiger partial charge in [-0.05, 0) is 23.2 Å². The predicted octanol–water partition coefficient (Wildman–Crippen LogP) is 3.00. The average Bonchev–Trinajstić information content (AvgIpc) is 3.01. The summed E-state index contributed by atoms with van der Waals surface area (Å²) >= 11 is 1.43. The standard InChI is InChI=1S/C12H9N3S/c1-2-4-10(5-3-1)11-8-13-15(9-11)12-6-7-16-14-12/h1-9H. The van der Waals surface area contributed by atoms with Crippen LogP contribution in [0.15, 0.2) is 54.2 Å². The molecule has 0 aliphatic rings. The minimum atomic E-state index is 0.868. The van der Waals surface area contributed by atoms with Gasteiger partial charge in [-0.2, -0.15) is 9.47 Å². The molecular weight excluding hydrogens is 218 g/mol. The molecule has 78 valence electrons. The van der Waals surface area contributed by atoms with E-state index in [0.29, 0.717) is 0 Å². The highest BCUT2D eigenvalue weighted by atomic mass is 32.1. The molecule has 2 aromatic heterocycles. The molecular formula is C12H9N3S. The molecule has 1 aromatic carbocycles. The van der Waals surface area contributed by atoms with E-state index in [1.807, 2.05) is 42.0 Å². The van der Waals surface area contributed by atoms with Crippen molar-refractivity contribution < 1.29 is 0 Å². The van der Waals surface area contributed by atoms with Crippen LogP contribution in [-0.2, 0) is 0 Å². The van der Waals surface area contributed by atoms with Crippen molar-refractivity contribution in [2.24, 2.45) is 0 Å². The zero-order valence-electron chi connectivity index (χ0n) is 8.45. The molecule has 3 aromatic rings. The van der Waals surface area contributed by atoms with Crippen molar-refractivity contribution in [1.82, 2.24) is 14.2 Å². The SMILES string of the molecule is c1ccc(-c2cnn(-c3ccsn3)c2)cc1. The van der Waals surface area contributed by atoms with Crippen molar-refractivity contribution in [2.75, 3.05) is 0 Å². The Morgan fingerprint density at radius 2 is 1.88 bits per heavy atom. The largest absolute Gasteiger partial charge is 0.221 e. The molecule has 0 atom stereocenters. The first kappa shape index (κ1) is 9.30. The van der Waals surface area contributed by atoms with Crippen LogP contribution in [0.4, 0.5) is 0 Å². The first-order valence-corrected chi connectivity index (χ1v) is 5.78. The van der Waals surface area contributed by atoms with Gasteiger partial charge in [-0.25, -0.2) is 4.68 Å². The molecule has 0 unspecified atom stereocenters. The lowest BCUT2D eigenvalue weighted by atomic mass is 10.1. The van der Waals surface area contributed by atoms with Crippen molar-refractivity contribution >= 4 is 11.5 Å². The summed E-state index contributed by atoms with van der Waals surface area (Å²) in [4.78, 5) is 0. The molecule has 0 spiro atoms. The van der Waals surface area contributed by atoms with Crippen molar-refractivity contribution in [3.05, 3.63) is 54.2 Å². The van der Waals surface area contributed by atoms with E-state index < -0.39 is 0 Å². The Bertz CT molecular complexity index is 569. The Balaban J connectivity index is 2.00. The van der Waals surface area contributed by atoms with Gasteiger partial charge in [-0.15, -0.1) is 0 Å².